The molecule has 2 heterocycles. The third-order valence-corrected chi connectivity index (χ3v) is 4.49. The van der Waals surface area contributed by atoms with Gasteiger partial charge in [-0.15, -0.1) is 0 Å². The number of carbonyl (C=O) groups excluding carboxylic acids is 1. The molecular formula is C16H20FNO3. The second kappa shape index (κ2) is 5.73. The van der Waals surface area contributed by atoms with Crippen LogP contribution in [0.1, 0.15) is 30.1 Å². The van der Waals surface area contributed by atoms with Crippen LogP contribution in [0.4, 0.5) is 4.39 Å². The average Bonchev–Trinajstić information content (AvgIpc) is 2.95. The fraction of sp³-hybridized carbons (Fsp3) is 0.562. The Morgan fingerprint density at radius 3 is 2.48 bits per heavy atom. The van der Waals surface area contributed by atoms with Gasteiger partial charge in [0.05, 0.1) is 18.8 Å². The fourth-order valence-corrected chi connectivity index (χ4v) is 3.18. The Bertz CT molecular complexity index is 520. The summed E-state index contributed by atoms with van der Waals surface area (Å²) in [6.45, 7) is 4.45. The molecule has 1 aromatic carbocycles. The molecule has 2 saturated heterocycles. The van der Waals surface area contributed by atoms with Crippen molar-refractivity contribution in [2.75, 3.05) is 26.3 Å². The minimum absolute atomic E-state index is 0.149. The van der Waals surface area contributed by atoms with E-state index < -0.39 is 11.6 Å². The van der Waals surface area contributed by atoms with Crippen molar-refractivity contribution in [1.82, 2.24) is 4.90 Å². The molecule has 2 fully saturated rings. The number of halogens is 1. The minimum atomic E-state index is -0.521. The predicted octanol–water partition coefficient (Wildman–Crippen LogP) is 2.44. The van der Waals surface area contributed by atoms with Crippen LogP contribution in [0.5, 0.6) is 0 Å². The average molecular weight is 293 g/mol. The Kier molecular flexibility index (Phi) is 3.95. The first kappa shape index (κ1) is 14.5. The van der Waals surface area contributed by atoms with E-state index in [1.165, 1.54) is 12.1 Å². The molecule has 0 spiro atoms. The predicted molar refractivity (Wildman–Crippen MR) is 75.3 cm³/mol. The largest absolute Gasteiger partial charge is 0.348 e. The lowest BCUT2D eigenvalue weighted by Crippen LogP contribution is -2.46. The summed E-state index contributed by atoms with van der Waals surface area (Å²) in [4.78, 5) is 14.1. The van der Waals surface area contributed by atoms with Crippen LogP contribution in [0, 0.1) is 11.7 Å². The second-order valence-electron chi connectivity index (χ2n) is 5.76. The maximum absolute atomic E-state index is 13.7. The molecule has 0 unspecified atom stereocenters. The van der Waals surface area contributed by atoms with E-state index in [1.807, 2.05) is 6.92 Å². The molecule has 2 aliphatic rings. The molecule has 0 N–H and O–H groups in total. The number of hydrogen-bond donors (Lipinski definition) is 0. The molecule has 0 aliphatic carbocycles. The molecule has 0 bridgehead atoms. The molecular weight excluding hydrogens is 273 g/mol. The molecule has 3 rings (SSSR count). The van der Waals surface area contributed by atoms with E-state index in [0.29, 0.717) is 26.3 Å². The Morgan fingerprint density at radius 1 is 1.24 bits per heavy atom. The molecule has 0 saturated carbocycles. The quantitative estimate of drug-likeness (QED) is 0.840. The number of nitrogens with zero attached hydrogens (tertiary/aromatic N) is 1. The van der Waals surface area contributed by atoms with Gasteiger partial charge in [0.1, 0.15) is 5.82 Å². The Balaban J connectivity index is 1.63. The SMILES string of the molecule is CC1(C2CCN(C(=O)c3ccccc3F)CC2)OCCO1. The van der Waals surface area contributed by atoms with Crippen molar-refractivity contribution in [3.63, 3.8) is 0 Å². The minimum Gasteiger partial charge on any atom is -0.348 e. The first-order chi connectivity index (χ1) is 10.1. The number of rotatable bonds is 2. The van der Waals surface area contributed by atoms with Gasteiger partial charge >= 0.3 is 0 Å². The first-order valence-electron chi connectivity index (χ1n) is 7.42. The highest BCUT2D eigenvalue weighted by Gasteiger charge is 2.41. The van der Waals surface area contributed by atoms with Gasteiger partial charge in [0, 0.05) is 19.0 Å². The number of piperidine rings is 1. The first-order valence-corrected chi connectivity index (χ1v) is 7.42. The number of ether oxygens (including phenoxy) is 2. The van der Waals surface area contributed by atoms with Gasteiger partial charge in [-0.1, -0.05) is 12.1 Å². The van der Waals surface area contributed by atoms with Crippen molar-refractivity contribution in [3.8, 4) is 0 Å². The standard InChI is InChI=1S/C16H20FNO3/c1-16(20-10-11-21-16)12-6-8-18(9-7-12)15(19)13-4-2-3-5-14(13)17/h2-5,12H,6-11H2,1H3. The van der Waals surface area contributed by atoms with Crippen LogP contribution in [-0.4, -0.2) is 42.9 Å². The third kappa shape index (κ3) is 2.80. The van der Waals surface area contributed by atoms with Crippen LogP contribution in [0.25, 0.3) is 0 Å². The summed E-state index contributed by atoms with van der Waals surface area (Å²) in [5.74, 6) is -0.929. The van der Waals surface area contributed by atoms with E-state index in [1.54, 1.807) is 17.0 Å². The van der Waals surface area contributed by atoms with Crippen LogP contribution in [-0.2, 0) is 9.47 Å². The highest BCUT2D eigenvalue weighted by Crippen LogP contribution is 2.35. The van der Waals surface area contributed by atoms with Gasteiger partial charge in [-0.3, -0.25) is 4.79 Å². The molecule has 2 aliphatic heterocycles. The van der Waals surface area contributed by atoms with Crippen LogP contribution >= 0.6 is 0 Å². The number of benzene rings is 1. The highest BCUT2D eigenvalue weighted by molar-refractivity contribution is 5.94. The van der Waals surface area contributed by atoms with Gasteiger partial charge in [0.2, 0.25) is 0 Å². The molecule has 114 valence electrons. The number of likely N-dealkylation sites (tertiary alicyclic amines) is 1. The number of carbonyl (C=O) groups is 1. The van der Waals surface area contributed by atoms with Crippen molar-refractivity contribution < 1.29 is 18.7 Å². The summed E-state index contributed by atoms with van der Waals surface area (Å²) in [6, 6.07) is 6.13. The topological polar surface area (TPSA) is 38.8 Å². The lowest BCUT2D eigenvalue weighted by Gasteiger charge is -2.39. The lowest BCUT2D eigenvalue weighted by molar-refractivity contribution is -0.189. The van der Waals surface area contributed by atoms with Crippen LogP contribution in [0.15, 0.2) is 24.3 Å². The van der Waals surface area contributed by atoms with Crippen molar-refractivity contribution in [2.24, 2.45) is 5.92 Å². The molecule has 4 nitrogen and oxygen atoms in total. The van der Waals surface area contributed by atoms with Crippen molar-refractivity contribution in [2.45, 2.75) is 25.6 Å². The van der Waals surface area contributed by atoms with Crippen molar-refractivity contribution in [1.29, 1.82) is 0 Å². The molecule has 0 aromatic heterocycles. The summed E-state index contributed by atoms with van der Waals surface area (Å²) < 4.78 is 25.1. The van der Waals surface area contributed by atoms with Gasteiger partial charge in [-0.2, -0.15) is 0 Å². The van der Waals surface area contributed by atoms with E-state index in [9.17, 15) is 9.18 Å². The lowest BCUT2D eigenvalue weighted by atomic mass is 9.89. The van der Waals surface area contributed by atoms with E-state index >= 15 is 0 Å². The van der Waals surface area contributed by atoms with Gasteiger partial charge in [-0.05, 0) is 31.9 Å². The summed E-state index contributed by atoms with van der Waals surface area (Å²) in [6.07, 6.45) is 1.63. The van der Waals surface area contributed by atoms with Crippen molar-refractivity contribution >= 4 is 5.91 Å². The van der Waals surface area contributed by atoms with Crippen LogP contribution < -0.4 is 0 Å². The van der Waals surface area contributed by atoms with E-state index in [-0.39, 0.29) is 17.4 Å². The van der Waals surface area contributed by atoms with E-state index in [4.69, 9.17) is 9.47 Å². The maximum atomic E-state index is 13.7. The highest BCUT2D eigenvalue weighted by atomic mass is 19.1. The molecule has 5 heteroatoms. The van der Waals surface area contributed by atoms with E-state index in [0.717, 1.165) is 12.8 Å². The number of hydrogen-bond acceptors (Lipinski definition) is 3. The summed E-state index contributed by atoms with van der Waals surface area (Å²) in [7, 11) is 0. The monoisotopic (exact) mass is 293 g/mol. The Morgan fingerprint density at radius 2 is 1.86 bits per heavy atom. The van der Waals surface area contributed by atoms with Crippen LogP contribution in [0.3, 0.4) is 0 Å². The van der Waals surface area contributed by atoms with Gasteiger partial charge in [0.15, 0.2) is 5.79 Å². The molecule has 21 heavy (non-hydrogen) atoms. The van der Waals surface area contributed by atoms with Gasteiger partial charge in [-0.25, -0.2) is 4.39 Å². The summed E-state index contributed by atoms with van der Waals surface area (Å²) in [5, 5.41) is 0. The molecule has 1 amide bonds. The summed E-state index contributed by atoms with van der Waals surface area (Å²) in [5.41, 5.74) is 0.149. The van der Waals surface area contributed by atoms with Gasteiger partial charge in [0.25, 0.3) is 5.91 Å². The molecule has 1 aromatic rings. The van der Waals surface area contributed by atoms with E-state index in [2.05, 4.69) is 0 Å². The normalized spacial score (nSPS) is 22.5. The number of amides is 1. The maximum Gasteiger partial charge on any atom is 0.256 e. The zero-order valence-corrected chi connectivity index (χ0v) is 12.2. The zero-order chi connectivity index (χ0) is 14.9. The van der Waals surface area contributed by atoms with Crippen molar-refractivity contribution in [3.05, 3.63) is 35.6 Å². The Labute approximate surface area is 123 Å². The van der Waals surface area contributed by atoms with Crippen LogP contribution in [0.2, 0.25) is 0 Å². The van der Waals surface area contributed by atoms with Gasteiger partial charge < -0.3 is 14.4 Å². The smallest absolute Gasteiger partial charge is 0.256 e. The summed E-state index contributed by atoms with van der Waals surface area (Å²) >= 11 is 0. The third-order valence-electron chi connectivity index (χ3n) is 4.49. The second-order valence-corrected chi connectivity index (χ2v) is 5.76. The fourth-order valence-electron chi connectivity index (χ4n) is 3.18. The molecule has 0 atom stereocenters. The zero-order valence-electron chi connectivity index (χ0n) is 12.2. The Hall–Kier alpha value is -1.46. The molecule has 0 radical (unpaired) electrons.